The van der Waals surface area contributed by atoms with Crippen LogP contribution in [-0.2, 0) is 11.2 Å². The van der Waals surface area contributed by atoms with Gasteiger partial charge >= 0.3 is 0 Å². The second-order valence-corrected chi connectivity index (χ2v) is 6.09. The van der Waals surface area contributed by atoms with Crippen molar-refractivity contribution >= 4 is 34.8 Å². The monoisotopic (exact) mass is 351 g/mol. The van der Waals surface area contributed by atoms with E-state index in [4.69, 9.17) is 32.7 Å². The Morgan fingerprint density at radius 1 is 1.26 bits per heavy atom. The van der Waals surface area contributed by atoms with E-state index in [0.29, 0.717) is 22.4 Å². The zero-order valence-electron chi connectivity index (χ0n) is 12.4. The Kier molecular flexibility index (Phi) is 4.64. The first-order valence-electron chi connectivity index (χ1n) is 7.21. The fraction of sp³-hybridized carbons (Fsp3) is 0.235. The van der Waals surface area contributed by atoms with Crippen LogP contribution in [0.25, 0.3) is 0 Å². The minimum Gasteiger partial charge on any atom is -0.493 e. The first-order chi connectivity index (χ1) is 11.0. The van der Waals surface area contributed by atoms with Gasteiger partial charge < -0.3 is 14.8 Å². The quantitative estimate of drug-likeness (QED) is 0.891. The maximum atomic E-state index is 12.3. The molecule has 0 aromatic heterocycles. The molecule has 1 N–H and O–H groups in total. The Morgan fingerprint density at radius 3 is 2.87 bits per heavy atom. The maximum Gasteiger partial charge on any atom is 0.265 e. The third kappa shape index (κ3) is 3.71. The SMILES string of the molecule is CC(Oc1ccc(Cl)cc1Cl)C(=O)Nc1ccc2c(c1)CCO2. The summed E-state index contributed by atoms with van der Waals surface area (Å²) in [6.07, 6.45) is 0.157. The van der Waals surface area contributed by atoms with Crippen LogP contribution in [-0.4, -0.2) is 18.6 Å². The molecule has 1 aliphatic rings. The highest BCUT2D eigenvalue weighted by atomic mass is 35.5. The van der Waals surface area contributed by atoms with Crippen LogP contribution in [0.2, 0.25) is 10.0 Å². The molecule has 1 heterocycles. The van der Waals surface area contributed by atoms with Crippen LogP contribution in [0, 0.1) is 0 Å². The highest BCUT2D eigenvalue weighted by molar-refractivity contribution is 6.35. The molecule has 6 heteroatoms. The summed E-state index contributed by atoms with van der Waals surface area (Å²) in [6.45, 7) is 2.35. The molecule has 0 saturated heterocycles. The maximum absolute atomic E-state index is 12.3. The lowest BCUT2D eigenvalue weighted by molar-refractivity contribution is -0.122. The Labute approximate surface area is 144 Å². The van der Waals surface area contributed by atoms with Crippen molar-refractivity contribution < 1.29 is 14.3 Å². The fourth-order valence-electron chi connectivity index (χ4n) is 2.32. The highest BCUT2D eigenvalue weighted by Crippen LogP contribution is 2.29. The van der Waals surface area contributed by atoms with Crippen molar-refractivity contribution in [3.8, 4) is 11.5 Å². The number of nitrogens with one attached hydrogen (secondary N) is 1. The van der Waals surface area contributed by atoms with E-state index in [2.05, 4.69) is 5.32 Å². The van der Waals surface area contributed by atoms with Crippen LogP contribution in [0.3, 0.4) is 0 Å². The number of hydrogen-bond donors (Lipinski definition) is 1. The van der Waals surface area contributed by atoms with Crippen LogP contribution in [0.1, 0.15) is 12.5 Å². The number of amides is 1. The number of halogens is 2. The first kappa shape index (κ1) is 16.0. The van der Waals surface area contributed by atoms with Gasteiger partial charge in [0, 0.05) is 17.1 Å². The van der Waals surface area contributed by atoms with Gasteiger partial charge in [-0.05, 0) is 48.9 Å². The standard InChI is InChI=1S/C17H15Cl2NO3/c1-10(23-16-4-2-12(18)9-14(16)19)17(21)20-13-3-5-15-11(8-13)6-7-22-15/h2-5,8-10H,6-7H2,1H3,(H,20,21). The van der Waals surface area contributed by atoms with Crippen molar-refractivity contribution in [1.29, 1.82) is 0 Å². The number of benzene rings is 2. The highest BCUT2D eigenvalue weighted by Gasteiger charge is 2.18. The summed E-state index contributed by atoms with van der Waals surface area (Å²) in [6, 6.07) is 10.5. The Balaban J connectivity index is 1.65. The molecule has 1 amide bonds. The van der Waals surface area contributed by atoms with Gasteiger partial charge in [0.05, 0.1) is 11.6 Å². The zero-order valence-corrected chi connectivity index (χ0v) is 13.9. The van der Waals surface area contributed by atoms with Crippen molar-refractivity contribution in [3.63, 3.8) is 0 Å². The third-order valence-electron chi connectivity index (χ3n) is 3.52. The fourth-order valence-corrected chi connectivity index (χ4v) is 2.78. The Bertz CT molecular complexity index is 749. The molecule has 0 fully saturated rings. The smallest absolute Gasteiger partial charge is 0.265 e. The van der Waals surface area contributed by atoms with E-state index in [9.17, 15) is 4.79 Å². The van der Waals surface area contributed by atoms with E-state index in [-0.39, 0.29) is 5.91 Å². The van der Waals surface area contributed by atoms with Crippen molar-refractivity contribution in [3.05, 3.63) is 52.0 Å². The molecule has 1 atom stereocenters. The van der Waals surface area contributed by atoms with Crippen LogP contribution in [0.5, 0.6) is 11.5 Å². The lowest BCUT2D eigenvalue weighted by Crippen LogP contribution is -2.30. The Hall–Kier alpha value is -1.91. The van der Waals surface area contributed by atoms with Gasteiger partial charge in [-0.25, -0.2) is 0 Å². The number of anilines is 1. The average molecular weight is 352 g/mol. The van der Waals surface area contributed by atoms with Crippen molar-refractivity contribution in [1.82, 2.24) is 0 Å². The summed E-state index contributed by atoms with van der Waals surface area (Å²) < 4.78 is 11.0. The van der Waals surface area contributed by atoms with Crippen LogP contribution < -0.4 is 14.8 Å². The van der Waals surface area contributed by atoms with E-state index in [0.717, 1.165) is 23.4 Å². The molecule has 0 radical (unpaired) electrons. The van der Waals surface area contributed by atoms with E-state index in [1.54, 1.807) is 25.1 Å². The third-order valence-corrected chi connectivity index (χ3v) is 4.05. The Morgan fingerprint density at radius 2 is 2.09 bits per heavy atom. The molecule has 23 heavy (non-hydrogen) atoms. The van der Waals surface area contributed by atoms with Gasteiger partial charge in [0.1, 0.15) is 11.5 Å². The van der Waals surface area contributed by atoms with Gasteiger partial charge in [0.2, 0.25) is 0 Å². The number of hydrogen-bond acceptors (Lipinski definition) is 3. The number of fused-ring (bicyclic) bond motifs is 1. The lowest BCUT2D eigenvalue weighted by atomic mass is 10.1. The molecule has 0 spiro atoms. The second kappa shape index (κ2) is 6.69. The topological polar surface area (TPSA) is 47.6 Å². The molecule has 2 aromatic rings. The van der Waals surface area contributed by atoms with Crippen LogP contribution >= 0.6 is 23.2 Å². The number of carbonyl (C=O) groups excluding carboxylic acids is 1. The predicted molar refractivity (Wildman–Crippen MR) is 90.8 cm³/mol. The zero-order chi connectivity index (χ0) is 16.4. The second-order valence-electron chi connectivity index (χ2n) is 5.25. The summed E-state index contributed by atoms with van der Waals surface area (Å²) in [7, 11) is 0. The minimum atomic E-state index is -0.696. The molecule has 0 bridgehead atoms. The van der Waals surface area contributed by atoms with Crippen molar-refractivity contribution in [2.75, 3.05) is 11.9 Å². The molecule has 0 saturated carbocycles. The molecule has 4 nitrogen and oxygen atoms in total. The number of rotatable bonds is 4. The van der Waals surface area contributed by atoms with Gasteiger partial charge in [-0.3, -0.25) is 4.79 Å². The van der Waals surface area contributed by atoms with Gasteiger partial charge in [-0.2, -0.15) is 0 Å². The summed E-state index contributed by atoms with van der Waals surface area (Å²) >= 11 is 11.9. The predicted octanol–water partition coefficient (Wildman–Crippen LogP) is 4.33. The normalized spacial score (nSPS) is 13.9. The average Bonchev–Trinajstić information content (AvgIpc) is 2.97. The number of ether oxygens (including phenoxy) is 2. The van der Waals surface area contributed by atoms with Gasteiger partial charge in [-0.15, -0.1) is 0 Å². The van der Waals surface area contributed by atoms with E-state index >= 15 is 0 Å². The van der Waals surface area contributed by atoms with E-state index in [1.165, 1.54) is 0 Å². The molecule has 3 rings (SSSR count). The summed E-state index contributed by atoms with van der Waals surface area (Å²) in [5.74, 6) is 1.04. The summed E-state index contributed by atoms with van der Waals surface area (Å²) in [5.41, 5.74) is 1.81. The van der Waals surface area contributed by atoms with Crippen molar-refractivity contribution in [2.24, 2.45) is 0 Å². The number of carbonyl (C=O) groups is 1. The molecule has 0 aliphatic carbocycles. The molecule has 1 aliphatic heterocycles. The van der Waals surface area contributed by atoms with Gasteiger partial charge in [-0.1, -0.05) is 23.2 Å². The largest absolute Gasteiger partial charge is 0.493 e. The minimum absolute atomic E-state index is 0.255. The van der Waals surface area contributed by atoms with Gasteiger partial charge in [0.25, 0.3) is 5.91 Å². The lowest BCUT2D eigenvalue weighted by Gasteiger charge is -2.16. The van der Waals surface area contributed by atoms with E-state index in [1.807, 2.05) is 18.2 Å². The van der Waals surface area contributed by atoms with Gasteiger partial charge in [0.15, 0.2) is 6.10 Å². The van der Waals surface area contributed by atoms with Crippen LogP contribution in [0.15, 0.2) is 36.4 Å². The molecule has 120 valence electrons. The van der Waals surface area contributed by atoms with Crippen LogP contribution in [0.4, 0.5) is 5.69 Å². The molecule has 1 unspecified atom stereocenters. The molecular formula is C17H15Cl2NO3. The van der Waals surface area contributed by atoms with Crippen molar-refractivity contribution in [2.45, 2.75) is 19.4 Å². The molecular weight excluding hydrogens is 337 g/mol. The van der Waals surface area contributed by atoms with E-state index < -0.39 is 6.10 Å². The summed E-state index contributed by atoms with van der Waals surface area (Å²) in [4.78, 5) is 12.3. The molecule has 2 aromatic carbocycles. The first-order valence-corrected chi connectivity index (χ1v) is 7.97. The summed E-state index contributed by atoms with van der Waals surface area (Å²) in [5, 5.41) is 3.72.